The second-order valence-electron chi connectivity index (χ2n) is 7.82. The van der Waals surface area contributed by atoms with Gasteiger partial charge in [-0.3, -0.25) is 4.79 Å². The molecule has 1 atom stereocenters. The molecule has 1 saturated heterocycles. The van der Waals surface area contributed by atoms with Crippen LogP contribution in [-0.2, 0) is 16.0 Å². The molecule has 4 heteroatoms. The summed E-state index contributed by atoms with van der Waals surface area (Å²) < 4.78 is 5.28. The van der Waals surface area contributed by atoms with Crippen molar-refractivity contribution in [3.05, 3.63) is 35.9 Å². The van der Waals surface area contributed by atoms with Crippen molar-refractivity contribution in [2.75, 3.05) is 39.9 Å². The number of hydrogen-bond donors (Lipinski definition) is 1. The molecule has 1 aromatic carbocycles. The van der Waals surface area contributed by atoms with Crippen molar-refractivity contribution in [3.63, 3.8) is 0 Å². The molecule has 1 heterocycles. The highest BCUT2D eigenvalue weighted by atomic mass is 16.5. The summed E-state index contributed by atoms with van der Waals surface area (Å²) in [5.74, 6) is 0.787. The number of likely N-dealkylation sites (tertiary alicyclic amines) is 1. The molecule has 0 bridgehead atoms. The van der Waals surface area contributed by atoms with Crippen molar-refractivity contribution in [3.8, 4) is 0 Å². The molecule has 4 nitrogen and oxygen atoms in total. The van der Waals surface area contributed by atoms with Crippen LogP contribution in [0.4, 0.5) is 0 Å². The Bertz CT molecular complexity index is 542. The summed E-state index contributed by atoms with van der Waals surface area (Å²) in [6.45, 7) is 4.77. The first kappa shape index (κ1) is 18.4. The summed E-state index contributed by atoms with van der Waals surface area (Å²) in [5.41, 5.74) is 1.17. The monoisotopic (exact) mass is 344 g/mol. The van der Waals surface area contributed by atoms with Gasteiger partial charge in [-0.25, -0.2) is 0 Å². The second kappa shape index (κ2) is 8.81. The van der Waals surface area contributed by atoms with Gasteiger partial charge in [0.25, 0.3) is 0 Å². The number of piperidine rings is 1. The van der Waals surface area contributed by atoms with Gasteiger partial charge in [-0.1, -0.05) is 36.8 Å². The zero-order valence-electron chi connectivity index (χ0n) is 15.5. The van der Waals surface area contributed by atoms with Gasteiger partial charge in [0.2, 0.25) is 5.91 Å². The Kier molecular flexibility index (Phi) is 6.49. The van der Waals surface area contributed by atoms with Gasteiger partial charge in [-0.05, 0) is 50.1 Å². The molecule has 3 rings (SSSR count). The van der Waals surface area contributed by atoms with Crippen molar-refractivity contribution in [2.45, 2.75) is 38.5 Å². The first-order valence-electron chi connectivity index (χ1n) is 9.75. The minimum absolute atomic E-state index is 0.210. The Balaban J connectivity index is 1.41. The van der Waals surface area contributed by atoms with E-state index >= 15 is 0 Å². The van der Waals surface area contributed by atoms with Crippen LogP contribution in [0.1, 0.15) is 37.7 Å². The lowest BCUT2D eigenvalue weighted by Crippen LogP contribution is -2.50. The molecule has 2 aliphatic rings. The third-order valence-electron chi connectivity index (χ3n) is 5.93. The van der Waals surface area contributed by atoms with E-state index in [0.717, 1.165) is 45.3 Å². The van der Waals surface area contributed by atoms with Gasteiger partial charge < -0.3 is 15.0 Å². The number of carbonyl (C=O) groups excluding carboxylic acids is 1. The van der Waals surface area contributed by atoms with Crippen molar-refractivity contribution in [1.29, 1.82) is 0 Å². The van der Waals surface area contributed by atoms with Gasteiger partial charge in [0.1, 0.15) is 0 Å². The summed E-state index contributed by atoms with van der Waals surface area (Å²) >= 11 is 0. The zero-order chi connectivity index (χ0) is 17.5. The van der Waals surface area contributed by atoms with Crippen molar-refractivity contribution in [2.24, 2.45) is 11.3 Å². The van der Waals surface area contributed by atoms with Gasteiger partial charge in [0.15, 0.2) is 0 Å². The average Bonchev–Trinajstić information content (AvgIpc) is 2.62. The smallest absolute Gasteiger partial charge is 0.228 e. The Morgan fingerprint density at radius 2 is 2.08 bits per heavy atom. The molecule has 0 spiro atoms. The maximum absolute atomic E-state index is 12.6. The van der Waals surface area contributed by atoms with Gasteiger partial charge in [0, 0.05) is 26.7 Å². The molecule has 25 heavy (non-hydrogen) atoms. The number of rotatable bonds is 8. The molecule has 1 unspecified atom stereocenters. The first-order chi connectivity index (χ1) is 12.2. The van der Waals surface area contributed by atoms with E-state index in [0.29, 0.717) is 12.5 Å². The minimum Gasteiger partial charge on any atom is -0.384 e. The van der Waals surface area contributed by atoms with Crippen molar-refractivity contribution in [1.82, 2.24) is 10.2 Å². The summed E-state index contributed by atoms with van der Waals surface area (Å²) in [7, 11) is 1.69. The molecule has 1 aliphatic heterocycles. The lowest BCUT2D eigenvalue weighted by Gasteiger charge is -2.40. The number of carbonyl (C=O) groups is 1. The van der Waals surface area contributed by atoms with Crippen LogP contribution in [0.25, 0.3) is 0 Å². The van der Waals surface area contributed by atoms with E-state index in [-0.39, 0.29) is 11.3 Å². The van der Waals surface area contributed by atoms with Crippen molar-refractivity contribution >= 4 is 5.91 Å². The van der Waals surface area contributed by atoms with E-state index in [9.17, 15) is 4.79 Å². The highest BCUT2D eigenvalue weighted by Crippen LogP contribution is 2.41. The number of amides is 1. The molecule has 2 fully saturated rings. The highest BCUT2D eigenvalue weighted by Gasteiger charge is 2.44. The van der Waals surface area contributed by atoms with E-state index in [4.69, 9.17) is 4.74 Å². The molecule has 138 valence electrons. The van der Waals surface area contributed by atoms with Gasteiger partial charge >= 0.3 is 0 Å². The third-order valence-corrected chi connectivity index (χ3v) is 5.93. The zero-order valence-corrected chi connectivity index (χ0v) is 15.5. The van der Waals surface area contributed by atoms with Crippen LogP contribution in [0.3, 0.4) is 0 Å². The maximum Gasteiger partial charge on any atom is 0.228 e. The predicted molar refractivity (Wildman–Crippen MR) is 100 cm³/mol. The summed E-state index contributed by atoms with van der Waals surface area (Å²) in [6.07, 6.45) is 6.66. The average molecular weight is 344 g/mol. The Morgan fingerprint density at radius 1 is 1.28 bits per heavy atom. The topological polar surface area (TPSA) is 41.6 Å². The molecule has 0 aromatic heterocycles. The van der Waals surface area contributed by atoms with Crippen LogP contribution in [0.15, 0.2) is 30.3 Å². The lowest BCUT2D eigenvalue weighted by molar-refractivity contribution is -0.140. The Hall–Kier alpha value is -1.39. The summed E-state index contributed by atoms with van der Waals surface area (Å²) in [5, 5.41) is 3.23. The predicted octanol–water partition coefficient (Wildman–Crippen LogP) is 2.87. The fourth-order valence-electron chi connectivity index (χ4n) is 4.19. The number of methoxy groups -OCH3 is 1. The van der Waals surface area contributed by atoms with Crippen LogP contribution in [0.5, 0.6) is 0 Å². The van der Waals surface area contributed by atoms with Gasteiger partial charge in [-0.2, -0.15) is 0 Å². The molecule has 1 aromatic rings. The van der Waals surface area contributed by atoms with E-state index in [1.807, 2.05) is 0 Å². The quantitative estimate of drug-likeness (QED) is 0.788. The fourth-order valence-corrected chi connectivity index (χ4v) is 4.19. The number of nitrogens with one attached hydrogen (secondary N) is 1. The standard InChI is InChI=1S/C21H32N2O2/c1-25-17-21(11-6-12-21)20(24)22-15-19-9-5-13-23(16-19)14-10-18-7-3-2-4-8-18/h2-4,7-8,19H,5-6,9-17H2,1H3,(H,22,24). The molecular formula is C21H32N2O2. The largest absolute Gasteiger partial charge is 0.384 e. The van der Waals surface area contributed by atoms with E-state index in [1.165, 1.54) is 24.9 Å². The summed E-state index contributed by atoms with van der Waals surface area (Å²) in [6, 6.07) is 10.7. The van der Waals surface area contributed by atoms with E-state index < -0.39 is 0 Å². The third kappa shape index (κ3) is 4.83. The first-order valence-corrected chi connectivity index (χ1v) is 9.75. The highest BCUT2D eigenvalue weighted by molar-refractivity contribution is 5.83. The fraction of sp³-hybridized carbons (Fsp3) is 0.667. The SMILES string of the molecule is COCC1(C(=O)NCC2CCCN(CCc3ccccc3)C2)CCC1. The Morgan fingerprint density at radius 3 is 2.76 bits per heavy atom. The number of hydrogen-bond acceptors (Lipinski definition) is 3. The normalized spacial score (nSPS) is 23.0. The minimum atomic E-state index is -0.240. The molecule has 0 radical (unpaired) electrons. The maximum atomic E-state index is 12.6. The van der Waals surface area contributed by atoms with Crippen LogP contribution < -0.4 is 5.32 Å². The van der Waals surface area contributed by atoms with E-state index in [1.54, 1.807) is 7.11 Å². The van der Waals surface area contributed by atoms with Crippen molar-refractivity contribution < 1.29 is 9.53 Å². The molecule has 1 N–H and O–H groups in total. The molecule has 1 saturated carbocycles. The van der Waals surface area contributed by atoms with Crippen LogP contribution in [-0.4, -0.2) is 50.7 Å². The number of benzene rings is 1. The summed E-state index contributed by atoms with van der Waals surface area (Å²) in [4.78, 5) is 15.1. The van der Waals surface area contributed by atoms with Gasteiger partial charge in [-0.15, -0.1) is 0 Å². The second-order valence-corrected chi connectivity index (χ2v) is 7.82. The van der Waals surface area contributed by atoms with Crippen LogP contribution in [0, 0.1) is 11.3 Å². The van der Waals surface area contributed by atoms with Gasteiger partial charge in [0.05, 0.1) is 12.0 Å². The molecule has 1 amide bonds. The molecule has 1 aliphatic carbocycles. The number of ether oxygens (including phenoxy) is 1. The number of nitrogens with zero attached hydrogens (tertiary/aromatic N) is 1. The lowest BCUT2D eigenvalue weighted by atomic mass is 9.68. The Labute approximate surface area is 151 Å². The van der Waals surface area contributed by atoms with E-state index in [2.05, 4.69) is 40.5 Å². The molecular weight excluding hydrogens is 312 g/mol. The van der Waals surface area contributed by atoms with Crippen LogP contribution in [0.2, 0.25) is 0 Å². The van der Waals surface area contributed by atoms with Crippen LogP contribution >= 0.6 is 0 Å².